The van der Waals surface area contributed by atoms with E-state index in [0.29, 0.717) is 6.42 Å². The molecule has 1 heterocycles. The van der Waals surface area contributed by atoms with E-state index in [9.17, 15) is 9.59 Å². The minimum absolute atomic E-state index is 0.0231. The minimum atomic E-state index is -0.252. The third kappa shape index (κ3) is 1.38. The highest BCUT2D eigenvalue weighted by molar-refractivity contribution is 6.05. The topological polar surface area (TPSA) is 46.6 Å². The van der Waals surface area contributed by atoms with E-state index in [1.54, 1.807) is 14.2 Å². The van der Waals surface area contributed by atoms with Crippen LogP contribution in [0, 0.1) is 17.8 Å². The zero-order valence-electron chi connectivity index (χ0n) is 10.4. The Hall–Kier alpha value is -1.84. The van der Waals surface area contributed by atoms with Crippen molar-refractivity contribution in [1.82, 2.24) is 4.90 Å². The van der Waals surface area contributed by atoms with Crippen LogP contribution in [0.15, 0.2) is 35.6 Å². The Bertz CT molecular complexity index is 515. The van der Waals surface area contributed by atoms with Crippen molar-refractivity contribution in [1.29, 1.82) is 0 Å². The fourth-order valence-corrected chi connectivity index (χ4v) is 3.09. The van der Waals surface area contributed by atoms with Crippen LogP contribution in [0.5, 0.6) is 0 Å². The summed E-state index contributed by atoms with van der Waals surface area (Å²) in [5.74, 6) is 0.164. The molecule has 0 aromatic carbocycles. The Kier molecular flexibility index (Phi) is 2.40. The molecule has 4 heteroatoms. The van der Waals surface area contributed by atoms with E-state index in [2.05, 4.69) is 6.08 Å². The number of hydrogen-bond donors (Lipinski definition) is 0. The number of fused-ring (bicyclic) bond motifs is 3. The van der Waals surface area contributed by atoms with Gasteiger partial charge in [0.15, 0.2) is 0 Å². The number of methoxy groups -OCH3 is 1. The highest BCUT2D eigenvalue weighted by atomic mass is 16.5. The number of ether oxygens (including phenoxy) is 1. The van der Waals surface area contributed by atoms with Gasteiger partial charge >= 0.3 is 0 Å². The van der Waals surface area contributed by atoms with Crippen molar-refractivity contribution >= 4 is 11.8 Å². The van der Waals surface area contributed by atoms with Crippen LogP contribution in [0.2, 0.25) is 0 Å². The van der Waals surface area contributed by atoms with E-state index in [4.69, 9.17) is 4.74 Å². The lowest BCUT2D eigenvalue weighted by Gasteiger charge is -2.30. The molecule has 3 atom stereocenters. The lowest BCUT2D eigenvalue weighted by atomic mass is 9.71. The van der Waals surface area contributed by atoms with E-state index in [0.717, 1.165) is 11.3 Å². The standard InChI is InChI=1S/C14H15NO3/c1-15-13(16)10-6-4-8-3-5-9(18-2)7-11(8)12(10)14(15)17/h3-5,7,10-12H,6H2,1-2H3/t10-,11+,12-/m1/s1. The summed E-state index contributed by atoms with van der Waals surface area (Å²) >= 11 is 0. The zero-order chi connectivity index (χ0) is 12.9. The first-order valence-electron chi connectivity index (χ1n) is 6.09. The highest BCUT2D eigenvalue weighted by Crippen LogP contribution is 2.44. The molecule has 4 nitrogen and oxygen atoms in total. The summed E-state index contributed by atoms with van der Waals surface area (Å²) in [6.45, 7) is 0. The minimum Gasteiger partial charge on any atom is -0.497 e. The quantitative estimate of drug-likeness (QED) is 0.653. The normalized spacial score (nSPS) is 33.9. The van der Waals surface area contributed by atoms with Gasteiger partial charge in [0.25, 0.3) is 0 Å². The molecule has 3 rings (SSSR count). The lowest BCUT2D eigenvalue weighted by molar-refractivity contribution is -0.138. The molecule has 0 saturated carbocycles. The SMILES string of the molecule is COC1=C[C@H]2C(=CC[C@H]3C(=O)N(C)C(=O)[C@@H]23)C=C1. The molecule has 0 radical (unpaired) electrons. The number of rotatable bonds is 1. The highest BCUT2D eigenvalue weighted by Gasteiger charge is 2.51. The Balaban J connectivity index is 2.02. The maximum absolute atomic E-state index is 12.2. The molecule has 0 bridgehead atoms. The van der Waals surface area contributed by atoms with Crippen LogP contribution in [-0.2, 0) is 14.3 Å². The van der Waals surface area contributed by atoms with Crippen LogP contribution in [0.25, 0.3) is 0 Å². The second-order valence-corrected chi connectivity index (χ2v) is 4.94. The van der Waals surface area contributed by atoms with Crippen LogP contribution in [0.1, 0.15) is 6.42 Å². The lowest BCUT2D eigenvalue weighted by Crippen LogP contribution is -2.31. The van der Waals surface area contributed by atoms with E-state index >= 15 is 0 Å². The first-order valence-corrected chi connectivity index (χ1v) is 6.09. The third-order valence-electron chi connectivity index (χ3n) is 4.10. The van der Waals surface area contributed by atoms with Crippen LogP contribution < -0.4 is 0 Å². The summed E-state index contributed by atoms with van der Waals surface area (Å²) < 4.78 is 5.21. The van der Waals surface area contributed by atoms with Crippen molar-refractivity contribution in [2.45, 2.75) is 6.42 Å². The molecule has 1 aliphatic heterocycles. The van der Waals surface area contributed by atoms with Crippen LogP contribution in [-0.4, -0.2) is 30.9 Å². The van der Waals surface area contributed by atoms with Gasteiger partial charge in [0.2, 0.25) is 11.8 Å². The van der Waals surface area contributed by atoms with Gasteiger partial charge in [-0.1, -0.05) is 12.2 Å². The van der Waals surface area contributed by atoms with E-state index in [-0.39, 0.29) is 29.6 Å². The maximum Gasteiger partial charge on any atom is 0.233 e. The van der Waals surface area contributed by atoms with Gasteiger partial charge in [-0.05, 0) is 24.1 Å². The Morgan fingerprint density at radius 2 is 2.06 bits per heavy atom. The summed E-state index contributed by atoms with van der Waals surface area (Å²) in [5.41, 5.74) is 1.12. The molecule has 0 unspecified atom stereocenters. The van der Waals surface area contributed by atoms with Crippen LogP contribution in [0.3, 0.4) is 0 Å². The Morgan fingerprint density at radius 3 is 2.78 bits per heavy atom. The molecule has 0 aromatic heterocycles. The molecule has 2 amide bonds. The van der Waals surface area contributed by atoms with Crippen molar-refractivity contribution in [2.24, 2.45) is 17.8 Å². The van der Waals surface area contributed by atoms with Crippen molar-refractivity contribution in [3.8, 4) is 0 Å². The number of likely N-dealkylation sites (tertiary alicyclic amines) is 1. The molecule has 18 heavy (non-hydrogen) atoms. The van der Waals surface area contributed by atoms with E-state index in [1.165, 1.54) is 4.90 Å². The van der Waals surface area contributed by atoms with Gasteiger partial charge in [-0.3, -0.25) is 14.5 Å². The first kappa shape index (κ1) is 11.3. The van der Waals surface area contributed by atoms with Gasteiger partial charge in [-0.15, -0.1) is 0 Å². The summed E-state index contributed by atoms with van der Waals surface area (Å²) in [4.78, 5) is 25.4. The number of carbonyl (C=O) groups is 2. The molecular weight excluding hydrogens is 230 g/mol. The predicted octanol–water partition coefficient (Wildman–Crippen LogP) is 1.26. The molecule has 3 aliphatic rings. The summed E-state index contributed by atoms with van der Waals surface area (Å²) in [6.07, 6.45) is 8.55. The molecule has 0 aromatic rings. The Morgan fingerprint density at radius 1 is 1.28 bits per heavy atom. The summed E-state index contributed by atoms with van der Waals surface area (Å²) in [6, 6.07) is 0. The van der Waals surface area contributed by atoms with Gasteiger partial charge < -0.3 is 4.74 Å². The van der Waals surface area contributed by atoms with Crippen molar-refractivity contribution in [2.75, 3.05) is 14.2 Å². The largest absolute Gasteiger partial charge is 0.497 e. The predicted molar refractivity (Wildman–Crippen MR) is 65.2 cm³/mol. The molecule has 94 valence electrons. The van der Waals surface area contributed by atoms with E-state index in [1.807, 2.05) is 18.2 Å². The second-order valence-electron chi connectivity index (χ2n) is 4.94. The van der Waals surface area contributed by atoms with Crippen LogP contribution in [0.4, 0.5) is 0 Å². The second kappa shape index (κ2) is 3.83. The molecule has 1 saturated heterocycles. The Labute approximate surface area is 106 Å². The fourth-order valence-electron chi connectivity index (χ4n) is 3.09. The average molecular weight is 245 g/mol. The summed E-state index contributed by atoms with van der Waals surface area (Å²) in [5, 5.41) is 0. The summed E-state index contributed by atoms with van der Waals surface area (Å²) in [7, 11) is 3.18. The number of imide groups is 1. The van der Waals surface area contributed by atoms with E-state index < -0.39 is 0 Å². The molecular formula is C14H15NO3. The maximum atomic E-state index is 12.2. The smallest absolute Gasteiger partial charge is 0.233 e. The monoisotopic (exact) mass is 245 g/mol. The van der Waals surface area contributed by atoms with Gasteiger partial charge in [-0.2, -0.15) is 0 Å². The van der Waals surface area contributed by atoms with Crippen molar-refractivity contribution < 1.29 is 14.3 Å². The van der Waals surface area contributed by atoms with Gasteiger partial charge in [0.05, 0.1) is 18.9 Å². The fraction of sp³-hybridized carbons (Fsp3) is 0.429. The molecule has 2 aliphatic carbocycles. The molecule has 0 spiro atoms. The number of nitrogens with zero attached hydrogens (tertiary/aromatic N) is 1. The molecule has 0 N–H and O–H groups in total. The van der Waals surface area contributed by atoms with Gasteiger partial charge in [0.1, 0.15) is 5.76 Å². The molecule has 1 fully saturated rings. The number of hydrogen-bond acceptors (Lipinski definition) is 3. The van der Waals surface area contributed by atoms with Crippen molar-refractivity contribution in [3.63, 3.8) is 0 Å². The zero-order valence-corrected chi connectivity index (χ0v) is 10.4. The van der Waals surface area contributed by atoms with Crippen molar-refractivity contribution in [3.05, 3.63) is 35.6 Å². The van der Waals surface area contributed by atoms with Gasteiger partial charge in [-0.25, -0.2) is 0 Å². The van der Waals surface area contributed by atoms with Gasteiger partial charge in [0, 0.05) is 13.0 Å². The van der Waals surface area contributed by atoms with Crippen LogP contribution >= 0.6 is 0 Å². The average Bonchev–Trinajstić information content (AvgIpc) is 2.63. The number of amides is 2. The number of allylic oxidation sites excluding steroid dienone is 5. The first-order chi connectivity index (χ1) is 8.63. The third-order valence-corrected chi connectivity index (χ3v) is 4.10. The number of carbonyl (C=O) groups excluding carboxylic acids is 2.